The van der Waals surface area contributed by atoms with Crippen LogP contribution in [0.15, 0.2) is 0 Å². The summed E-state index contributed by atoms with van der Waals surface area (Å²) in [6.45, 7) is -0.782. The summed E-state index contributed by atoms with van der Waals surface area (Å²) in [5.41, 5.74) is 0. The predicted molar refractivity (Wildman–Crippen MR) is 59.9 cm³/mol. The first kappa shape index (κ1) is 14.6. The van der Waals surface area contributed by atoms with Crippen molar-refractivity contribution in [2.45, 2.75) is 38.1 Å². The van der Waals surface area contributed by atoms with Crippen molar-refractivity contribution >= 4 is 13.6 Å². The fourth-order valence-electron chi connectivity index (χ4n) is 2.39. The van der Waals surface area contributed by atoms with Crippen molar-refractivity contribution in [3.8, 4) is 0 Å². The fourth-order valence-corrected chi connectivity index (χ4v) is 3.34. The summed E-state index contributed by atoms with van der Waals surface area (Å²) in [5.74, 6) is -1.32. The van der Waals surface area contributed by atoms with Crippen LogP contribution in [0.5, 0.6) is 0 Å². The summed E-state index contributed by atoms with van der Waals surface area (Å²) < 4.78 is 9.65. The number of aliphatic carboxylic acids is 1. The van der Waals surface area contributed by atoms with Gasteiger partial charge in [-0.3, -0.25) is 4.57 Å². The summed E-state index contributed by atoms with van der Waals surface area (Å²) in [4.78, 5) is 28.5. The average Bonchev–Trinajstić information content (AvgIpc) is 2.14. The Morgan fingerprint density at radius 3 is 2.24 bits per heavy atom. The summed E-state index contributed by atoms with van der Waals surface area (Å²) in [6.07, 6.45) is 2.75. The van der Waals surface area contributed by atoms with Crippen molar-refractivity contribution in [3.05, 3.63) is 5.21 Å². The van der Waals surface area contributed by atoms with Crippen molar-refractivity contribution in [2.75, 3.05) is 12.8 Å². The van der Waals surface area contributed by atoms with Crippen LogP contribution in [-0.4, -0.2) is 44.4 Å². The number of nitrogens with zero attached hydrogens (tertiary/aromatic N) is 1. The minimum Gasteiger partial charge on any atom is -0.632 e. The number of carbonyl (C=O) groups is 1. The van der Waals surface area contributed by atoms with Crippen LogP contribution >= 0.6 is 7.60 Å². The normalized spacial score (nSPS) is 22.1. The number of carboxylic acids is 1. The fraction of sp³-hybridized carbons (Fsp3) is 0.889. The highest BCUT2D eigenvalue weighted by Crippen LogP contribution is 2.41. The number of carboxylic acid groups (broad SMARTS) is 1. The second-order valence-electron chi connectivity index (χ2n) is 4.60. The first-order chi connectivity index (χ1) is 7.73. The van der Waals surface area contributed by atoms with E-state index in [0.29, 0.717) is 12.8 Å². The zero-order chi connectivity index (χ0) is 13.1. The van der Waals surface area contributed by atoms with Crippen LogP contribution in [0.25, 0.3) is 0 Å². The SMILES string of the molecule is O=C(O)C[N+]([O-])(CP(=O)(O)O)C1CCCCC1. The lowest BCUT2D eigenvalue weighted by molar-refractivity contribution is -0.889. The standard InChI is InChI=1S/C9H18NO6P/c11-9(12)6-10(13,7-17(14,15)16)8-4-2-1-3-5-8/h8H,1-7H2,(H,11,12)(H2,14,15,16). The van der Waals surface area contributed by atoms with E-state index in [9.17, 15) is 14.6 Å². The lowest BCUT2D eigenvalue weighted by Crippen LogP contribution is -2.54. The van der Waals surface area contributed by atoms with Gasteiger partial charge < -0.3 is 24.7 Å². The summed E-state index contributed by atoms with van der Waals surface area (Å²) in [6, 6.07) is -0.507. The molecule has 0 spiro atoms. The molecule has 0 radical (unpaired) electrons. The average molecular weight is 267 g/mol. The van der Waals surface area contributed by atoms with Crippen molar-refractivity contribution in [1.82, 2.24) is 0 Å². The van der Waals surface area contributed by atoms with E-state index >= 15 is 0 Å². The summed E-state index contributed by atoms with van der Waals surface area (Å²) in [7, 11) is -4.51. The van der Waals surface area contributed by atoms with E-state index < -0.39 is 37.1 Å². The Balaban J connectivity index is 2.83. The molecule has 1 fully saturated rings. The molecule has 1 rings (SSSR count). The van der Waals surface area contributed by atoms with Crippen LogP contribution in [0.4, 0.5) is 0 Å². The zero-order valence-electron chi connectivity index (χ0n) is 9.49. The molecular formula is C9H18NO6P. The van der Waals surface area contributed by atoms with E-state index in [1.165, 1.54) is 0 Å². The molecule has 0 aromatic heterocycles. The molecule has 0 aliphatic heterocycles. The van der Waals surface area contributed by atoms with E-state index in [0.717, 1.165) is 19.3 Å². The molecule has 100 valence electrons. The molecule has 3 N–H and O–H groups in total. The molecule has 8 heteroatoms. The molecular weight excluding hydrogens is 249 g/mol. The number of rotatable bonds is 5. The predicted octanol–water partition coefficient (Wildman–Crippen LogP) is 0.853. The highest BCUT2D eigenvalue weighted by Gasteiger charge is 2.37. The zero-order valence-corrected chi connectivity index (χ0v) is 10.4. The topological polar surface area (TPSA) is 118 Å². The molecule has 1 unspecified atom stereocenters. The molecule has 0 aromatic carbocycles. The van der Waals surface area contributed by atoms with Gasteiger partial charge in [0, 0.05) is 0 Å². The lowest BCUT2D eigenvalue weighted by Gasteiger charge is -2.48. The van der Waals surface area contributed by atoms with Crippen LogP contribution in [0.1, 0.15) is 32.1 Å². The van der Waals surface area contributed by atoms with E-state index in [-0.39, 0.29) is 0 Å². The molecule has 1 aliphatic rings. The molecule has 0 heterocycles. The van der Waals surface area contributed by atoms with E-state index in [2.05, 4.69) is 0 Å². The molecule has 1 atom stereocenters. The molecule has 0 saturated heterocycles. The van der Waals surface area contributed by atoms with E-state index in [4.69, 9.17) is 14.9 Å². The third-order valence-electron chi connectivity index (χ3n) is 3.07. The number of hydroxylamine groups is 3. The minimum absolute atomic E-state index is 0.507. The van der Waals surface area contributed by atoms with Gasteiger partial charge >= 0.3 is 13.6 Å². The van der Waals surface area contributed by atoms with Gasteiger partial charge in [0.1, 0.15) is 0 Å². The molecule has 17 heavy (non-hydrogen) atoms. The second kappa shape index (κ2) is 5.46. The van der Waals surface area contributed by atoms with Crippen LogP contribution in [0, 0.1) is 5.21 Å². The third-order valence-corrected chi connectivity index (χ3v) is 3.91. The number of quaternary nitrogens is 1. The van der Waals surface area contributed by atoms with Gasteiger partial charge in [-0.1, -0.05) is 6.42 Å². The van der Waals surface area contributed by atoms with Gasteiger partial charge in [0.25, 0.3) is 0 Å². The maximum absolute atomic E-state index is 12.3. The van der Waals surface area contributed by atoms with Gasteiger partial charge in [0.15, 0.2) is 12.8 Å². The van der Waals surface area contributed by atoms with Crippen molar-refractivity contribution in [2.24, 2.45) is 0 Å². The highest BCUT2D eigenvalue weighted by molar-refractivity contribution is 7.51. The van der Waals surface area contributed by atoms with E-state index in [1.807, 2.05) is 0 Å². The molecule has 0 amide bonds. The molecule has 0 bridgehead atoms. The Labute approximate surface area is 99.4 Å². The van der Waals surface area contributed by atoms with Gasteiger partial charge in [0.05, 0.1) is 6.04 Å². The third kappa shape index (κ3) is 4.73. The Bertz CT molecular complexity index is 323. The van der Waals surface area contributed by atoms with Gasteiger partial charge in [-0.15, -0.1) is 0 Å². The Kier molecular flexibility index (Phi) is 4.69. The summed E-state index contributed by atoms with van der Waals surface area (Å²) >= 11 is 0. The monoisotopic (exact) mass is 267 g/mol. The highest BCUT2D eigenvalue weighted by atomic mass is 31.2. The first-order valence-electron chi connectivity index (χ1n) is 5.57. The Morgan fingerprint density at radius 2 is 1.82 bits per heavy atom. The first-order valence-corrected chi connectivity index (χ1v) is 7.37. The quantitative estimate of drug-likeness (QED) is 0.386. The van der Waals surface area contributed by atoms with Crippen LogP contribution in [0.2, 0.25) is 0 Å². The van der Waals surface area contributed by atoms with Gasteiger partial charge in [-0.05, 0) is 25.7 Å². The van der Waals surface area contributed by atoms with Crippen LogP contribution < -0.4 is 0 Å². The van der Waals surface area contributed by atoms with Gasteiger partial charge in [0.2, 0.25) is 0 Å². The molecule has 7 nitrogen and oxygen atoms in total. The van der Waals surface area contributed by atoms with Crippen molar-refractivity contribution < 1.29 is 28.9 Å². The largest absolute Gasteiger partial charge is 0.632 e. The lowest BCUT2D eigenvalue weighted by atomic mass is 9.94. The van der Waals surface area contributed by atoms with E-state index in [1.54, 1.807) is 0 Å². The maximum Gasteiger partial charge on any atom is 0.379 e. The van der Waals surface area contributed by atoms with Crippen LogP contribution in [0.3, 0.4) is 0 Å². The van der Waals surface area contributed by atoms with Gasteiger partial charge in [-0.2, -0.15) is 0 Å². The number of hydrogen-bond donors (Lipinski definition) is 3. The molecule has 0 aromatic rings. The summed E-state index contributed by atoms with van der Waals surface area (Å²) in [5, 5.41) is 21.1. The van der Waals surface area contributed by atoms with Crippen molar-refractivity contribution in [3.63, 3.8) is 0 Å². The van der Waals surface area contributed by atoms with Crippen LogP contribution in [-0.2, 0) is 9.36 Å². The second-order valence-corrected chi connectivity index (χ2v) is 6.21. The molecule has 1 aliphatic carbocycles. The van der Waals surface area contributed by atoms with Crippen molar-refractivity contribution in [1.29, 1.82) is 0 Å². The minimum atomic E-state index is -4.51. The Hall–Kier alpha value is -0.460. The Morgan fingerprint density at radius 1 is 1.29 bits per heavy atom. The smallest absolute Gasteiger partial charge is 0.379 e. The molecule has 1 saturated carbocycles. The number of hydrogen-bond acceptors (Lipinski definition) is 3. The van der Waals surface area contributed by atoms with Gasteiger partial charge in [-0.25, -0.2) is 4.79 Å². The maximum atomic E-state index is 12.3.